The highest BCUT2D eigenvalue weighted by molar-refractivity contribution is 7.90. The average Bonchev–Trinajstić information content (AvgIpc) is 2.83. The van der Waals surface area contributed by atoms with Gasteiger partial charge in [-0.3, -0.25) is 0 Å². The number of sulfone groups is 1. The van der Waals surface area contributed by atoms with E-state index in [-0.39, 0.29) is 27.6 Å². The molecule has 2 aliphatic rings. The SMILES string of the molecule is CC(C)(C)[C@]1(c2cc(Cl)nc(S(C)(=O)=O)n2)[C@@H]2CN(C(=O)O)C[C@@H]21. The van der Waals surface area contributed by atoms with Gasteiger partial charge in [-0.15, -0.1) is 0 Å². The Morgan fingerprint density at radius 2 is 1.88 bits per heavy atom. The maximum atomic E-state index is 11.9. The van der Waals surface area contributed by atoms with Crippen molar-refractivity contribution in [2.24, 2.45) is 17.3 Å². The van der Waals surface area contributed by atoms with E-state index in [0.717, 1.165) is 6.26 Å². The zero-order valence-electron chi connectivity index (χ0n) is 13.9. The molecule has 0 bridgehead atoms. The maximum Gasteiger partial charge on any atom is 0.407 e. The monoisotopic (exact) mass is 373 g/mol. The highest BCUT2D eigenvalue weighted by atomic mass is 35.5. The van der Waals surface area contributed by atoms with E-state index in [0.29, 0.717) is 18.8 Å². The summed E-state index contributed by atoms with van der Waals surface area (Å²) in [6, 6.07) is 1.62. The first kappa shape index (κ1) is 17.4. The van der Waals surface area contributed by atoms with Crippen LogP contribution in [0.2, 0.25) is 5.15 Å². The van der Waals surface area contributed by atoms with Crippen LogP contribution < -0.4 is 0 Å². The Balaban J connectivity index is 2.09. The maximum absolute atomic E-state index is 11.9. The van der Waals surface area contributed by atoms with Crippen LogP contribution in [0.15, 0.2) is 11.2 Å². The zero-order valence-corrected chi connectivity index (χ0v) is 15.5. The average molecular weight is 374 g/mol. The van der Waals surface area contributed by atoms with Crippen LogP contribution in [-0.4, -0.2) is 53.8 Å². The minimum absolute atomic E-state index is 0.0871. The number of fused-ring (bicyclic) bond motifs is 1. The fraction of sp³-hybridized carbons (Fsp3) is 0.667. The Kier molecular flexibility index (Phi) is 3.66. The third-order valence-electron chi connectivity index (χ3n) is 5.32. The van der Waals surface area contributed by atoms with E-state index in [9.17, 15) is 18.3 Å². The molecule has 1 aliphatic carbocycles. The van der Waals surface area contributed by atoms with Gasteiger partial charge < -0.3 is 10.0 Å². The van der Waals surface area contributed by atoms with Crippen molar-refractivity contribution >= 4 is 27.5 Å². The number of likely N-dealkylation sites (tertiary alicyclic amines) is 1. The van der Waals surface area contributed by atoms with Crippen molar-refractivity contribution in [1.82, 2.24) is 14.9 Å². The summed E-state index contributed by atoms with van der Waals surface area (Å²) in [5, 5.41) is 8.99. The predicted octanol–water partition coefficient (Wildman–Crippen LogP) is 2.06. The van der Waals surface area contributed by atoms with E-state index < -0.39 is 21.3 Å². The topological polar surface area (TPSA) is 100 Å². The molecule has 0 radical (unpaired) electrons. The molecule has 0 aromatic carbocycles. The predicted molar refractivity (Wildman–Crippen MR) is 87.9 cm³/mol. The van der Waals surface area contributed by atoms with Crippen LogP contribution in [0, 0.1) is 17.3 Å². The van der Waals surface area contributed by atoms with Crippen molar-refractivity contribution in [3.8, 4) is 0 Å². The Morgan fingerprint density at radius 3 is 2.29 bits per heavy atom. The number of carbonyl (C=O) groups is 1. The van der Waals surface area contributed by atoms with Gasteiger partial charge in [0.1, 0.15) is 5.15 Å². The molecule has 1 aromatic rings. The highest BCUT2D eigenvalue weighted by Crippen LogP contribution is 2.70. The zero-order chi connectivity index (χ0) is 18.1. The molecule has 1 aromatic heterocycles. The van der Waals surface area contributed by atoms with Gasteiger partial charge in [-0.05, 0) is 23.3 Å². The lowest BCUT2D eigenvalue weighted by Crippen LogP contribution is -2.40. The van der Waals surface area contributed by atoms with E-state index in [1.165, 1.54) is 4.90 Å². The van der Waals surface area contributed by atoms with Crippen LogP contribution in [0.25, 0.3) is 0 Å². The van der Waals surface area contributed by atoms with Gasteiger partial charge in [0.05, 0.1) is 5.69 Å². The first-order valence-corrected chi connectivity index (χ1v) is 9.89. The molecular formula is C15H20ClN3O4S. The van der Waals surface area contributed by atoms with Crippen LogP contribution >= 0.6 is 11.6 Å². The lowest BCUT2D eigenvalue weighted by Gasteiger charge is -2.36. The van der Waals surface area contributed by atoms with Crippen LogP contribution in [-0.2, 0) is 15.3 Å². The second-order valence-electron chi connectivity index (χ2n) is 7.65. The molecule has 1 saturated carbocycles. The van der Waals surface area contributed by atoms with Crippen LogP contribution in [0.4, 0.5) is 4.79 Å². The van der Waals surface area contributed by atoms with Gasteiger partial charge in [-0.25, -0.2) is 23.2 Å². The Morgan fingerprint density at radius 1 is 1.33 bits per heavy atom. The van der Waals surface area contributed by atoms with E-state index in [1.807, 2.05) is 0 Å². The molecule has 24 heavy (non-hydrogen) atoms. The molecule has 3 atom stereocenters. The minimum atomic E-state index is -3.58. The number of amides is 1. The quantitative estimate of drug-likeness (QED) is 0.629. The third-order valence-corrected chi connectivity index (χ3v) is 6.36. The molecule has 0 spiro atoms. The Labute approximate surface area is 146 Å². The summed E-state index contributed by atoms with van der Waals surface area (Å²) < 4.78 is 23.7. The smallest absolute Gasteiger partial charge is 0.407 e. The molecule has 1 amide bonds. The summed E-state index contributed by atoms with van der Waals surface area (Å²) in [5.74, 6) is 0.207. The summed E-state index contributed by atoms with van der Waals surface area (Å²) >= 11 is 6.06. The molecule has 1 saturated heterocycles. The lowest BCUT2D eigenvalue weighted by molar-refractivity contribution is 0.135. The van der Waals surface area contributed by atoms with E-state index in [2.05, 4.69) is 30.7 Å². The first-order valence-electron chi connectivity index (χ1n) is 7.62. The van der Waals surface area contributed by atoms with Crippen LogP contribution in [0.1, 0.15) is 26.5 Å². The number of hydrogen-bond donors (Lipinski definition) is 1. The summed E-state index contributed by atoms with van der Waals surface area (Å²) in [6.07, 6.45) is 0.120. The second kappa shape index (κ2) is 5.05. The van der Waals surface area contributed by atoms with Crippen LogP contribution in [0.3, 0.4) is 0 Å². The summed E-state index contributed by atoms with van der Waals surface area (Å²) in [6.45, 7) is 7.03. The number of aromatic nitrogens is 2. The fourth-order valence-corrected chi connectivity index (χ4v) is 5.20. The summed E-state index contributed by atoms with van der Waals surface area (Å²) in [4.78, 5) is 20.7. The van der Waals surface area contributed by atoms with E-state index in [1.54, 1.807) is 6.07 Å². The number of carboxylic acid groups (broad SMARTS) is 1. The molecule has 132 valence electrons. The van der Waals surface area contributed by atoms with Crippen molar-refractivity contribution in [2.45, 2.75) is 31.3 Å². The van der Waals surface area contributed by atoms with Crippen molar-refractivity contribution < 1.29 is 18.3 Å². The molecule has 0 unspecified atom stereocenters. The molecular weight excluding hydrogens is 354 g/mol. The molecule has 1 aliphatic heterocycles. The van der Waals surface area contributed by atoms with Crippen molar-refractivity contribution in [1.29, 1.82) is 0 Å². The Hall–Kier alpha value is -1.41. The second-order valence-corrected chi connectivity index (χ2v) is 9.95. The molecule has 2 heterocycles. The van der Waals surface area contributed by atoms with Gasteiger partial charge in [0.2, 0.25) is 15.0 Å². The van der Waals surface area contributed by atoms with Gasteiger partial charge in [-0.2, -0.15) is 0 Å². The molecule has 2 fully saturated rings. The van der Waals surface area contributed by atoms with Crippen LogP contribution in [0.5, 0.6) is 0 Å². The Bertz CT molecular complexity index is 806. The normalized spacial score (nSPS) is 29.5. The van der Waals surface area contributed by atoms with Crippen molar-refractivity contribution in [3.63, 3.8) is 0 Å². The molecule has 1 N–H and O–H groups in total. The van der Waals surface area contributed by atoms with E-state index >= 15 is 0 Å². The number of nitrogens with zero attached hydrogens (tertiary/aromatic N) is 3. The van der Waals surface area contributed by atoms with Gasteiger partial charge >= 0.3 is 6.09 Å². The standard InChI is InChI=1S/C15H20ClN3O4S/c1-14(2,3)15(8-6-19(13(20)21)7-9(8)15)10-5-11(16)18-12(17-10)24(4,22)23/h5,8-9H,6-7H2,1-4H3,(H,20,21)/t8-,9+,15-. The molecule has 3 rings (SSSR count). The third kappa shape index (κ3) is 2.38. The van der Waals surface area contributed by atoms with Crippen molar-refractivity contribution in [2.75, 3.05) is 19.3 Å². The van der Waals surface area contributed by atoms with Gasteiger partial charge in [-0.1, -0.05) is 32.4 Å². The van der Waals surface area contributed by atoms with Gasteiger partial charge in [0.25, 0.3) is 0 Å². The number of halogens is 1. The van der Waals surface area contributed by atoms with Gasteiger partial charge in [0.15, 0.2) is 0 Å². The van der Waals surface area contributed by atoms with Gasteiger partial charge in [0, 0.05) is 24.8 Å². The lowest BCUT2D eigenvalue weighted by atomic mass is 9.71. The van der Waals surface area contributed by atoms with Crippen molar-refractivity contribution in [3.05, 3.63) is 16.9 Å². The number of piperidine rings is 1. The first-order chi connectivity index (χ1) is 10.9. The fourth-order valence-electron chi connectivity index (χ4n) is 4.44. The largest absolute Gasteiger partial charge is 0.465 e. The molecule has 9 heteroatoms. The number of rotatable bonds is 2. The minimum Gasteiger partial charge on any atom is -0.465 e. The highest BCUT2D eigenvalue weighted by Gasteiger charge is 2.74. The summed E-state index contributed by atoms with van der Waals surface area (Å²) in [7, 11) is -3.58. The van der Waals surface area contributed by atoms with E-state index in [4.69, 9.17) is 11.6 Å². The number of hydrogen-bond acceptors (Lipinski definition) is 5. The summed E-state index contributed by atoms with van der Waals surface area (Å²) in [5.41, 5.74) is -0.0277. The molecule has 7 nitrogen and oxygen atoms in total.